The SMILES string of the molecule is CCC(CC)N(C)Cc1ccc(O)c(Cl)c1. The second-order valence-electron chi connectivity index (χ2n) is 4.17. The molecular weight excluding hydrogens is 222 g/mol. The third-order valence-electron chi connectivity index (χ3n) is 3.01. The summed E-state index contributed by atoms with van der Waals surface area (Å²) in [6.07, 6.45) is 2.30. The van der Waals surface area contributed by atoms with Crippen LogP contribution in [-0.2, 0) is 6.54 Å². The van der Waals surface area contributed by atoms with Gasteiger partial charge in [0, 0.05) is 12.6 Å². The van der Waals surface area contributed by atoms with E-state index in [2.05, 4.69) is 25.8 Å². The lowest BCUT2D eigenvalue weighted by Crippen LogP contribution is -2.29. The fraction of sp³-hybridized carbons (Fsp3) is 0.538. The molecule has 0 amide bonds. The lowest BCUT2D eigenvalue weighted by molar-refractivity contribution is 0.221. The number of phenolic OH excluding ortho intramolecular Hbond substituents is 1. The van der Waals surface area contributed by atoms with E-state index >= 15 is 0 Å². The third kappa shape index (κ3) is 3.39. The van der Waals surface area contributed by atoms with Gasteiger partial charge in [0.25, 0.3) is 0 Å². The Kier molecular flexibility index (Phi) is 5.10. The quantitative estimate of drug-likeness (QED) is 0.851. The predicted molar refractivity (Wildman–Crippen MR) is 69.0 cm³/mol. The van der Waals surface area contributed by atoms with Gasteiger partial charge in [-0.1, -0.05) is 31.5 Å². The number of halogens is 1. The van der Waals surface area contributed by atoms with E-state index in [1.165, 1.54) is 0 Å². The van der Waals surface area contributed by atoms with E-state index in [-0.39, 0.29) is 5.75 Å². The van der Waals surface area contributed by atoms with Crippen LogP contribution in [0.4, 0.5) is 0 Å². The van der Waals surface area contributed by atoms with Crippen LogP contribution in [0.5, 0.6) is 5.75 Å². The highest BCUT2D eigenvalue weighted by Crippen LogP contribution is 2.24. The zero-order chi connectivity index (χ0) is 12.1. The van der Waals surface area contributed by atoms with Gasteiger partial charge in [-0.3, -0.25) is 4.90 Å². The van der Waals surface area contributed by atoms with Crippen LogP contribution in [0.3, 0.4) is 0 Å². The van der Waals surface area contributed by atoms with E-state index in [1.54, 1.807) is 6.07 Å². The minimum atomic E-state index is 0.149. The van der Waals surface area contributed by atoms with Crippen molar-refractivity contribution in [2.75, 3.05) is 7.05 Å². The lowest BCUT2D eigenvalue weighted by atomic mass is 10.1. The molecule has 1 rings (SSSR count). The summed E-state index contributed by atoms with van der Waals surface area (Å²) in [5.74, 6) is 0.149. The Balaban J connectivity index is 2.69. The van der Waals surface area contributed by atoms with E-state index in [4.69, 9.17) is 11.6 Å². The molecule has 0 aliphatic carbocycles. The van der Waals surface area contributed by atoms with Gasteiger partial charge in [-0.15, -0.1) is 0 Å². The largest absolute Gasteiger partial charge is 0.506 e. The van der Waals surface area contributed by atoms with E-state index in [0.717, 1.165) is 24.9 Å². The molecule has 0 bridgehead atoms. The van der Waals surface area contributed by atoms with Crippen LogP contribution in [0, 0.1) is 0 Å². The number of aromatic hydroxyl groups is 1. The Hall–Kier alpha value is -0.730. The summed E-state index contributed by atoms with van der Waals surface area (Å²) >= 11 is 5.88. The van der Waals surface area contributed by atoms with Gasteiger partial charge in [0.2, 0.25) is 0 Å². The normalized spacial score (nSPS) is 11.4. The molecular formula is C13H20ClNO. The molecule has 0 unspecified atom stereocenters. The number of nitrogens with zero attached hydrogens (tertiary/aromatic N) is 1. The van der Waals surface area contributed by atoms with E-state index in [1.807, 2.05) is 12.1 Å². The molecule has 0 atom stereocenters. The molecule has 0 aliphatic heterocycles. The summed E-state index contributed by atoms with van der Waals surface area (Å²) in [4.78, 5) is 2.32. The molecule has 16 heavy (non-hydrogen) atoms. The van der Waals surface area contributed by atoms with Crippen LogP contribution in [0.25, 0.3) is 0 Å². The van der Waals surface area contributed by atoms with Crippen LogP contribution >= 0.6 is 11.6 Å². The molecule has 0 saturated carbocycles. The molecule has 2 nitrogen and oxygen atoms in total. The summed E-state index contributed by atoms with van der Waals surface area (Å²) < 4.78 is 0. The topological polar surface area (TPSA) is 23.5 Å². The lowest BCUT2D eigenvalue weighted by Gasteiger charge is -2.26. The van der Waals surface area contributed by atoms with Gasteiger partial charge >= 0.3 is 0 Å². The molecule has 0 saturated heterocycles. The summed E-state index contributed by atoms with van der Waals surface area (Å²) in [7, 11) is 2.12. The number of phenols is 1. The van der Waals surface area contributed by atoms with Gasteiger partial charge in [0.15, 0.2) is 0 Å². The molecule has 1 aromatic carbocycles. The third-order valence-corrected chi connectivity index (χ3v) is 3.31. The second-order valence-corrected chi connectivity index (χ2v) is 4.58. The van der Waals surface area contributed by atoms with E-state index in [9.17, 15) is 5.11 Å². The van der Waals surface area contributed by atoms with Crippen molar-refractivity contribution in [1.82, 2.24) is 4.90 Å². The van der Waals surface area contributed by atoms with Crippen LogP contribution in [0.1, 0.15) is 32.3 Å². The first-order valence-corrected chi connectivity index (χ1v) is 6.13. The van der Waals surface area contributed by atoms with Crippen molar-refractivity contribution in [3.63, 3.8) is 0 Å². The second kappa shape index (κ2) is 6.12. The Bertz CT molecular complexity index is 337. The molecule has 3 heteroatoms. The van der Waals surface area contributed by atoms with Crippen molar-refractivity contribution in [3.8, 4) is 5.75 Å². The highest BCUT2D eigenvalue weighted by atomic mass is 35.5. The van der Waals surface area contributed by atoms with Gasteiger partial charge in [-0.2, -0.15) is 0 Å². The first kappa shape index (κ1) is 13.3. The minimum absolute atomic E-state index is 0.149. The smallest absolute Gasteiger partial charge is 0.134 e. The monoisotopic (exact) mass is 241 g/mol. The summed E-state index contributed by atoms with van der Waals surface area (Å²) in [6, 6.07) is 6.00. The van der Waals surface area contributed by atoms with Gasteiger partial charge in [-0.05, 0) is 37.6 Å². The number of benzene rings is 1. The highest BCUT2D eigenvalue weighted by Gasteiger charge is 2.11. The zero-order valence-corrected chi connectivity index (χ0v) is 11.0. The number of rotatable bonds is 5. The maximum absolute atomic E-state index is 9.33. The maximum Gasteiger partial charge on any atom is 0.134 e. The van der Waals surface area contributed by atoms with Gasteiger partial charge in [-0.25, -0.2) is 0 Å². The Morgan fingerprint density at radius 1 is 1.31 bits per heavy atom. The molecule has 0 radical (unpaired) electrons. The van der Waals surface area contributed by atoms with Crippen molar-refractivity contribution in [2.24, 2.45) is 0 Å². The van der Waals surface area contributed by atoms with E-state index < -0.39 is 0 Å². The molecule has 1 N–H and O–H groups in total. The summed E-state index contributed by atoms with van der Waals surface area (Å²) in [5.41, 5.74) is 1.14. The van der Waals surface area contributed by atoms with Gasteiger partial charge in [0.1, 0.15) is 5.75 Å². The van der Waals surface area contributed by atoms with Crippen LogP contribution in [0.2, 0.25) is 5.02 Å². The molecule has 1 aromatic rings. The molecule has 0 heterocycles. The Morgan fingerprint density at radius 2 is 1.94 bits per heavy atom. The van der Waals surface area contributed by atoms with Crippen molar-refractivity contribution in [3.05, 3.63) is 28.8 Å². The van der Waals surface area contributed by atoms with Crippen molar-refractivity contribution in [2.45, 2.75) is 39.3 Å². The molecule has 90 valence electrons. The van der Waals surface area contributed by atoms with Gasteiger partial charge < -0.3 is 5.11 Å². The molecule has 0 aromatic heterocycles. The Labute approximate surface area is 103 Å². The standard InChI is InChI=1S/C13H20ClNO/c1-4-11(5-2)15(3)9-10-6-7-13(16)12(14)8-10/h6-8,11,16H,4-5,9H2,1-3H3. The van der Waals surface area contributed by atoms with Gasteiger partial charge in [0.05, 0.1) is 5.02 Å². The highest BCUT2D eigenvalue weighted by molar-refractivity contribution is 6.32. The van der Waals surface area contributed by atoms with Crippen LogP contribution in [-0.4, -0.2) is 23.1 Å². The Morgan fingerprint density at radius 3 is 2.44 bits per heavy atom. The summed E-state index contributed by atoms with van der Waals surface area (Å²) in [6.45, 7) is 5.27. The first-order chi connectivity index (χ1) is 7.58. The maximum atomic E-state index is 9.33. The number of hydrogen-bond donors (Lipinski definition) is 1. The van der Waals surface area contributed by atoms with Crippen molar-refractivity contribution < 1.29 is 5.11 Å². The average molecular weight is 242 g/mol. The number of hydrogen-bond acceptors (Lipinski definition) is 2. The molecule has 0 fully saturated rings. The zero-order valence-electron chi connectivity index (χ0n) is 10.2. The molecule has 0 spiro atoms. The van der Waals surface area contributed by atoms with Crippen LogP contribution in [0.15, 0.2) is 18.2 Å². The predicted octanol–water partition coefficient (Wildman–Crippen LogP) is 3.67. The fourth-order valence-corrected chi connectivity index (χ4v) is 2.18. The molecule has 0 aliphatic rings. The summed E-state index contributed by atoms with van der Waals surface area (Å²) in [5, 5.41) is 9.76. The van der Waals surface area contributed by atoms with Crippen molar-refractivity contribution in [1.29, 1.82) is 0 Å². The first-order valence-electron chi connectivity index (χ1n) is 5.76. The fourth-order valence-electron chi connectivity index (χ4n) is 1.98. The minimum Gasteiger partial charge on any atom is -0.506 e. The van der Waals surface area contributed by atoms with Crippen molar-refractivity contribution >= 4 is 11.6 Å². The van der Waals surface area contributed by atoms with E-state index in [0.29, 0.717) is 11.1 Å². The van der Waals surface area contributed by atoms with Crippen LogP contribution < -0.4 is 0 Å². The average Bonchev–Trinajstić information content (AvgIpc) is 2.25.